The standard InChI is InChI=1S/C18H16FN5O/c1-11-5-12(2)7-14(6-11)18-22-10-24(23-18)9-15(17(20)25)13-3-4-21-16(19)8-13/h3-10H,1-2H3,(H2,20,25)/b15-9-. The smallest absolute Gasteiger partial charge is 0.250 e. The van der Waals surface area contributed by atoms with Gasteiger partial charge in [0.1, 0.15) is 6.33 Å². The fourth-order valence-corrected chi connectivity index (χ4v) is 2.56. The van der Waals surface area contributed by atoms with E-state index in [0.29, 0.717) is 11.4 Å². The lowest BCUT2D eigenvalue weighted by atomic mass is 10.1. The molecular formula is C18H16FN5O. The molecule has 0 fully saturated rings. The van der Waals surface area contributed by atoms with Crippen LogP contribution in [0.5, 0.6) is 0 Å². The molecule has 0 unspecified atom stereocenters. The second kappa shape index (κ2) is 6.64. The Balaban J connectivity index is 2.00. The quantitative estimate of drug-likeness (QED) is 0.585. The molecule has 3 aromatic rings. The van der Waals surface area contributed by atoms with Crippen LogP contribution in [0.1, 0.15) is 16.7 Å². The summed E-state index contributed by atoms with van der Waals surface area (Å²) in [4.78, 5) is 19.5. The van der Waals surface area contributed by atoms with Crippen LogP contribution in [0, 0.1) is 19.8 Å². The summed E-state index contributed by atoms with van der Waals surface area (Å²) >= 11 is 0. The predicted molar refractivity (Wildman–Crippen MR) is 92.5 cm³/mol. The van der Waals surface area contributed by atoms with Crippen molar-refractivity contribution in [1.82, 2.24) is 19.7 Å². The first-order valence-electron chi connectivity index (χ1n) is 7.56. The number of nitrogens with zero attached hydrogens (tertiary/aromatic N) is 4. The van der Waals surface area contributed by atoms with Crippen LogP contribution in [-0.2, 0) is 4.79 Å². The topological polar surface area (TPSA) is 86.7 Å². The van der Waals surface area contributed by atoms with E-state index in [-0.39, 0.29) is 5.57 Å². The van der Waals surface area contributed by atoms with Crippen LogP contribution < -0.4 is 5.73 Å². The van der Waals surface area contributed by atoms with E-state index in [1.807, 2.05) is 26.0 Å². The van der Waals surface area contributed by atoms with E-state index in [1.54, 1.807) is 0 Å². The number of hydrogen-bond donors (Lipinski definition) is 1. The maximum Gasteiger partial charge on any atom is 0.250 e. The Morgan fingerprint density at radius 1 is 1.16 bits per heavy atom. The lowest BCUT2D eigenvalue weighted by molar-refractivity contribution is -0.112. The average molecular weight is 337 g/mol. The van der Waals surface area contributed by atoms with E-state index in [9.17, 15) is 9.18 Å². The first kappa shape index (κ1) is 16.5. The van der Waals surface area contributed by atoms with Crippen LogP contribution >= 0.6 is 0 Å². The van der Waals surface area contributed by atoms with Crippen molar-refractivity contribution in [2.75, 3.05) is 0 Å². The summed E-state index contributed by atoms with van der Waals surface area (Å²) in [6, 6.07) is 8.65. The number of pyridine rings is 1. The largest absolute Gasteiger partial charge is 0.366 e. The molecule has 6 nitrogen and oxygen atoms in total. The number of carbonyl (C=O) groups excluding carboxylic acids is 1. The molecule has 0 aliphatic carbocycles. The molecule has 0 aliphatic heterocycles. The van der Waals surface area contributed by atoms with Crippen LogP contribution in [0.25, 0.3) is 23.2 Å². The minimum absolute atomic E-state index is 0.109. The summed E-state index contributed by atoms with van der Waals surface area (Å²) in [6.07, 6.45) is 4.15. The third-order valence-electron chi connectivity index (χ3n) is 3.55. The highest BCUT2D eigenvalue weighted by atomic mass is 19.1. The molecule has 0 atom stereocenters. The highest BCUT2D eigenvalue weighted by Crippen LogP contribution is 2.19. The Kier molecular flexibility index (Phi) is 4.38. The van der Waals surface area contributed by atoms with Crippen molar-refractivity contribution < 1.29 is 9.18 Å². The van der Waals surface area contributed by atoms with Gasteiger partial charge in [0.25, 0.3) is 5.91 Å². The van der Waals surface area contributed by atoms with Crippen molar-refractivity contribution in [3.05, 3.63) is 65.5 Å². The van der Waals surface area contributed by atoms with Gasteiger partial charge >= 0.3 is 0 Å². The van der Waals surface area contributed by atoms with Gasteiger partial charge < -0.3 is 5.73 Å². The fourth-order valence-electron chi connectivity index (χ4n) is 2.56. The van der Waals surface area contributed by atoms with Crippen LogP contribution in [0.3, 0.4) is 0 Å². The minimum atomic E-state index is -0.700. The molecule has 0 radical (unpaired) electrons. The first-order chi connectivity index (χ1) is 11.9. The summed E-state index contributed by atoms with van der Waals surface area (Å²) in [5.74, 6) is -0.874. The number of halogens is 1. The number of benzene rings is 1. The van der Waals surface area contributed by atoms with E-state index in [0.717, 1.165) is 22.8 Å². The zero-order chi connectivity index (χ0) is 18.0. The van der Waals surface area contributed by atoms with Crippen LogP contribution in [0.2, 0.25) is 0 Å². The summed E-state index contributed by atoms with van der Waals surface area (Å²) in [5.41, 5.74) is 8.93. The summed E-state index contributed by atoms with van der Waals surface area (Å²) in [5, 5.41) is 4.34. The molecule has 0 aliphatic rings. The lowest BCUT2D eigenvalue weighted by Gasteiger charge is -2.03. The number of nitrogens with two attached hydrogens (primary N) is 1. The van der Waals surface area contributed by atoms with Crippen molar-refractivity contribution >= 4 is 17.7 Å². The number of hydrogen-bond acceptors (Lipinski definition) is 4. The molecule has 25 heavy (non-hydrogen) atoms. The second-order valence-corrected chi connectivity index (χ2v) is 5.70. The fraction of sp³-hybridized carbons (Fsp3) is 0.111. The molecule has 2 heterocycles. The Labute approximate surface area is 143 Å². The summed E-state index contributed by atoms with van der Waals surface area (Å²) in [7, 11) is 0. The van der Waals surface area contributed by atoms with Crippen molar-refractivity contribution in [1.29, 1.82) is 0 Å². The van der Waals surface area contributed by atoms with E-state index >= 15 is 0 Å². The molecule has 0 spiro atoms. The lowest BCUT2D eigenvalue weighted by Crippen LogP contribution is -2.14. The number of carbonyl (C=O) groups is 1. The van der Waals surface area contributed by atoms with Crippen LogP contribution in [0.15, 0.2) is 42.9 Å². The Morgan fingerprint density at radius 3 is 2.52 bits per heavy atom. The van der Waals surface area contributed by atoms with Crippen molar-refractivity contribution in [3.8, 4) is 11.4 Å². The van der Waals surface area contributed by atoms with E-state index in [4.69, 9.17) is 5.73 Å². The maximum atomic E-state index is 13.3. The van der Waals surface area contributed by atoms with E-state index in [2.05, 4.69) is 21.1 Å². The molecule has 0 bridgehead atoms. The normalized spacial score (nSPS) is 11.6. The average Bonchev–Trinajstić information content (AvgIpc) is 3.00. The Morgan fingerprint density at radius 2 is 1.88 bits per heavy atom. The third-order valence-corrected chi connectivity index (χ3v) is 3.55. The SMILES string of the molecule is Cc1cc(C)cc(-c2ncn(/C=C(\C(N)=O)c3ccnc(F)c3)n2)c1. The highest BCUT2D eigenvalue weighted by Gasteiger charge is 2.11. The molecule has 3 rings (SSSR count). The summed E-state index contributed by atoms with van der Waals surface area (Å²) < 4.78 is 14.7. The van der Waals surface area contributed by atoms with Crippen molar-refractivity contribution in [2.45, 2.75) is 13.8 Å². The molecular weight excluding hydrogens is 321 g/mol. The zero-order valence-corrected chi connectivity index (χ0v) is 13.8. The third kappa shape index (κ3) is 3.77. The number of aromatic nitrogens is 4. The van der Waals surface area contributed by atoms with Gasteiger partial charge in [0, 0.05) is 24.0 Å². The maximum absolute atomic E-state index is 13.3. The Bertz CT molecular complexity index is 957. The molecule has 0 saturated carbocycles. The van der Waals surface area contributed by atoms with Gasteiger partial charge in [-0.1, -0.05) is 17.2 Å². The monoisotopic (exact) mass is 337 g/mol. The molecule has 7 heteroatoms. The van der Waals surface area contributed by atoms with Gasteiger partial charge in [0.2, 0.25) is 5.95 Å². The van der Waals surface area contributed by atoms with Gasteiger partial charge in [0.15, 0.2) is 5.82 Å². The Hall–Kier alpha value is -3.35. The van der Waals surface area contributed by atoms with E-state index in [1.165, 1.54) is 29.5 Å². The predicted octanol–water partition coefficient (Wildman–Crippen LogP) is 2.58. The van der Waals surface area contributed by atoms with Gasteiger partial charge in [-0.05, 0) is 37.6 Å². The molecule has 2 aromatic heterocycles. The van der Waals surface area contributed by atoms with Gasteiger partial charge in [-0.2, -0.15) is 4.39 Å². The van der Waals surface area contributed by atoms with Gasteiger partial charge in [-0.3, -0.25) is 4.79 Å². The van der Waals surface area contributed by atoms with Gasteiger partial charge in [0.05, 0.1) is 5.57 Å². The highest BCUT2D eigenvalue weighted by molar-refractivity contribution is 6.22. The van der Waals surface area contributed by atoms with Crippen LogP contribution in [0.4, 0.5) is 4.39 Å². The molecule has 1 amide bonds. The molecule has 126 valence electrons. The number of primary amides is 1. The minimum Gasteiger partial charge on any atom is -0.366 e. The molecule has 0 saturated heterocycles. The summed E-state index contributed by atoms with van der Waals surface area (Å²) in [6.45, 7) is 3.99. The number of aryl methyl sites for hydroxylation is 2. The van der Waals surface area contributed by atoms with Crippen molar-refractivity contribution in [3.63, 3.8) is 0 Å². The second-order valence-electron chi connectivity index (χ2n) is 5.70. The van der Waals surface area contributed by atoms with E-state index < -0.39 is 11.9 Å². The molecule has 1 aromatic carbocycles. The first-order valence-corrected chi connectivity index (χ1v) is 7.56. The number of rotatable bonds is 4. The molecule has 2 N–H and O–H groups in total. The number of amides is 1. The van der Waals surface area contributed by atoms with Gasteiger partial charge in [-0.15, -0.1) is 5.10 Å². The van der Waals surface area contributed by atoms with Crippen LogP contribution in [-0.4, -0.2) is 25.7 Å². The van der Waals surface area contributed by atoms with Crippen molar-refractivity contribution in [2.24, 2.45) is 5.73 Å². The van der Waals surface area contributed by atoms with Gasteiger partial charge in [-0.25, -0.2) is 14.6 Å². The zero-order valence-electron chi connectivity index (χ0n) is 13.8.